The second kappa shape index (κ2) is 5.53. The van der Waals surface area contributed by atoms with Crippen molar-refractivity contribution in [1.82, 2.24) is 0 Å². The van der Waals surface area contributed by atoms with Crippen LogP contribution in [0.1, 0.15) is 33.6 Å². The van der Waals surface area contributed by atoms with E-state index in [1.807, 2.05) is 20.8 Å². The second-order valence-electron chi connectivity index (χ2n) is 2.22. The van der Waals surface area contributed by atoms with Crippen LogP contribution in [0.5, 0.6) is 0 Å². The third-order valence-corrected chi connectivity index (χ3v) is 2.06. The number of rotatable bonds is 0. The molecule has 0 unspecified atom stereocenters. The number of hydrogen-bond donors (Lipinski definition) is 0. The van der Waals surface area contributed by atoms with Gasteiger partial charge in [-0.15, -0.1) is 0 Å². The summed E-state index contributed by atoms with van der Waals surface area (Å²) in [5.74, 6) is -0.0758. The van der Waals surface area contributed by atoms with Gasteiger partial charge in [-0.25, -0.2) is 4.39 Å². The fourth-order valence-electron chi connectivity index (χ4n) is 0.759. The highest BCUT2D eigenvalue weighted by Crippen LogP contribution is 2.27. The van der Waals surface area contributed by atoms with Gasteiger partial charge in [0.2, 0.25) is 0 Å². The van der Waals surface area contributed by atoms with Crippen LogP contribution in [0.2, 0.25) is 0 Å². The van der Waals surface area contributed by atoms with Gasteiger partial charge in [0.15, 0.2) is 0 Å². The lowest BCUT2D eigenvalue weighted by Crippen LogP contribution is -1.88. The fourth-order valence-corrected chi connectivity index (χ4v) is 1.16. The third-order valence-electron chi connectivity index (χ3n) is 1.43. The monoisotopic (exact) mass is 220 g/mol. The molecule has 0 spiro atoms. The first kappa shape index (κ1) is 10.9. The van der Waals surface area contributed by atoms with Gasteiger partial charge in [0.1, 0.15) is 5.83 Å². The summed E-state index contributed by atoms with van der Waals surface area (Å²) in [5.41, 5.74) is 0.859. The van der Waals surface area contributed by atoms with Crippen molar-refractivity contribution in [2.75, 3.05) is 0 Å². The molecule has 0 saturated heterocycles. The van der Waals surface area contributed by atoms with E-state index < -0.39 is 0 Å². The first-order valence-corrected chi connectivity index (χ1v) is 4.71. The molecular formula is C9H14BrF. The molecule has 1 rings (SSSR count). The Kier molecular flexibility index (Phi) is 5.47. The first-order valence-electron chi connectivity index (χ1n) is 3.91. The average molecular weight is 221 g/mol. The molecule has 0 atom stereocenters. The maximum atomic E-state index is 12.6. The quantitative estimate of drug-likeness (QED) is 0.571. The van der Waals surface area contributed by atoms with Gasteiger partial charge in [-0.05, 0) is 35.9 Å². The molecular weight excluding hydrogens is 207 g/mol. The Balaban J connectivity index is 0.000000461. The Morgan fingerprint density at radius 2 is 1.91 bits per heavy atom. The summed E-state index contributed by atoms with van der Waals surface area (Å²) < 4.78 is 13.6. The van der Waals surface area contributed by atoms with Crippen LogP contribution in [-0.4, -0.2) is 0 Å². The number of hydrogen-bond acceptors (Lipinski definition) is 0. The van der Waals surface area contributed by atoms with E-state index in [1.54, 1.807) is 6.08 Å². The zero-order chi connectivity index (χ0) is 8.85. The van der Waals surface area contributed by atoms with E-state index in [4.69, 9.17) is 0 Å². The zero-order valence-corrected chi connectivity index (χ0v) is 8.83. The topological polar surface area (TPSA) is 0 Å². The van der Waals surface area contributed by atoms with Gasteiger partial charge >= 0.3 is 0 Å². The molecule has 0 aromatic heterocycles. The van der Waals surface area contributed by atoms with Crippen LogP contribution in [0, 0.1) is 0 Å². The minimum absolute atomic E-state index is 0.0758. The fraction of sp³-hybridized carbons (Fsp3) is 0.556. The summed E-state index contributed by atoms with van der Waals surface area (Å²) in [7, 11) is 0. The molecule has 0 fully saturated rings. The first-order chi connectivity index (χ1) is 5.20. The predicted molar refractivity (Wildman–Crippen MR) is 51.4 cm³/mol. The molecule has 11 heavy (non-hydrogen) atoms. The standard InChI is InChI=1S/C7H8BrF.C2H6/c1-5-2-3-6(8)4-7(5)9;1-2/h4H,2-3H2,1H3;1-2H3. The molecule has 0 saturated carbocycles. The molecule has 0 amide bonds. The minimum atomic E-state index is -0.0758. The smallest absolute Gasteiger partial charge is 0.122 e. The Bertz CT molecular complexity index is 180. The van der Waals surface area contributed by atoms with Gasteiger partial charge < -0.3 is 0 Å². The van der Waals surface area contributed by atoms with Crippen molar-refractivity contribution in [3.63, 3.8) is 0 Å². The van der Waals surface area contributed by atoms with Crippen LogP contribution < -0.4 is 0 Å². The van der Waals surface area contributed by atoms with E-state index >= 15 is 0 Å². The van der Waals surface area contributed by atoms with Gasteiger partial charge in [0.25, 0.3) is 0 Å². The Hall–Kier alpha value is -0.110. The van der Waals surface area contributed by atoms with Crippen molar-refractivity contribution in [1.29, 1.82) is 0 Å². The van der Waals surface area contributed by atoms with Gasteiger partial charge in [-0.1, -0.05) is 29.8 Å². The molecule has 64 valence electrons. The minimum Gasteiger partial charge on any atom is -0.207 e. The normalized spacial score (nSPS) is 17.0. The van der Waals surface area contributed by atoms with Crippen molar-refractivity contribution < 1.29 is 4.39 Å². The lowest BCUT2D eigenvalue weighted by atomic mass is 10.1. The van der Waals surface area contributed by atoms with E-state index in [0.29, 0.717) is 0 Å². The maximum absolute atomic E-state index is 12.6. The van der Waals surface area contributed by atoms with Crippen LogP contribution >= 0.6 is 15.9 Å². The van der Waals surface area contributed by atoms with E-state index in [9.17, 15) is 4.39 Å². The van der Waals surface area contributed by atoms with Gasteiger partial charge in [0, 0.05) is 0 Å². The van der Waals surface area contributed by atoms with Crippen molar-refractivity contribution in [3.8, 4) is 0 Å². The maximum Gasteiger partial charge on any atom is 0.122 e. The van der Waals surface area contributed by atoms with Crippen LogP contribution in [0.25, 0.3) is 0 Å². The zero-order valence-electron chi connectivity index (χ0n) is 7.25. The van der Waals surface area contributed by atoms with Gasteiger partial charge in [-0.2, -0.15) is 0 Å². The van der Waals surface area contributed by atoms with Crippen LogP contribution in [0.15, 0.2) is 22.0 Å². The summed E-state index contributed by atoms with van der Waals surface area (Å²) >= 11 is 3.24. The van der Waals surface area contributed by atoms with Gasteiger partial charge in [-0.3, -0.25) is 0 Å². The van der Waals surface area contributed by atoms with E-state index in [2.05, 4.69) is 15.9 Å². The second-order valence-corrected chi connectivity index (χ2v) is 3.24. The predicted octanol–water partition coefficient (Wildman–Crippen LogP) is 4.33. The molecule has 0 nitrogen and oxygen atoms in total. The molecule has 0 bridgehead atoms. The molecule has 0 aromatic carbocycles. The van der Waals surface area contributed by atoms with Crippen LogP contribution in [0.3, 0.4) is 0 Å². The highest BCUT2D eigenvalue weighted by atomic mass is 79.9. The highest BCUT2D eigenvalue weighted by molar-refractivity contribution is 9.11. The van der Waals surface area contributed by atoms with E-state index in [-0.39, 0.29) is 5.83 Å². The summed E-state index contributed by atoms with van der Waals surface area (Å²) in [6, 6.07) is 0. The molecule has 0 radical (unpaired) electrons. The van der Waals surface area contributed by atoms with Crippen molar-refractivity contribution in [2.24, 2.45) is 0 Å². The van der Waals surface area contributed by atoms with Crippen molar-refractivity contribution in [3.05, 3.63) is 22.0 Å². The van der Waals surface area contributed by atoms with Crippen molar-refractivity contribution in [2.45, 2.75) is 33.6 Å². The summed E-state index contributed by atoms with van der Waals surface area (Å²) in [6.45, 7) is 5.82. The summed E-state index contributed by atoms with van der Waals surface area (Å²) in [6.07, 6.45) is 3.33. The lowest BCUT2D eigenvalue weighted by molar-refractivity contribution is 0.635. The molecule has 1 aliphatic rings. The molecule has 0 aromatic rings. The number of allylic oxidation sites excluding steroid dienone is 4. The SMILES string of the molecule is CC.CC1=C(F)C=C(Br)CC1. The highest BCUT2D eigenvalue weighted by Gasteiger charge is 2.06. The Labute approximate surface area is 76.3 Å². The van der Waals surface area contributed by atoms with Gasteiger partial charge in [0.05, 0.1) is 0 Å². The van der Waals surface area contributed by atoms with Crippen molar-refractivity contribution >= 4 is 15.9 Å². The summed E-state index contributed by atoms with van der Waals surface area (Å²) in [4.78, 5) is 0. The lowest BCUT2D eigenvalue weighted by Gasteiger charge is -2.07. The largest absolute Gasteiger partial charge is 0.207 e. The molecule has 0 aliphatic heterocycles. The van der Waals surface area contributed by atoms with E-state index in [0.717, 1.165) is 22.9 Å². The molecule has 2 heteroatoms. The third kappa shape index (κ3) is 3.71. The Morgan fingerprint density at radius 3 is 2.27 bits per heavy atom. The average Bonchev–Trinajstić information content (AvgIpc) is 2.02. The van der Waals surface area contributed by atoms with Crippen LogP contribution in [-0.2, 0) is 0 Å². The molecule has 0 N–H and O–H groups in total. The van der Waals surface area contributed by atoms with E-state index in [1.165, 1.54) is 0 Å². The molecule has 0 heterocycles. The Morgan fingerprint density at radius 1 is 1.36 bits per heavy atom. The summed E-state index contributed by atoms with van der Waals surface area (Å²) in [5, 5.41) is 0. The molecule has 1 aliphatic carbocycles. The van der Waals surface area contributed by atoms with Crippen LogP contribution in [0.4, 0.5) is 4.39 Å². The number of halogens is 2.